The third-order valence-corrected chi connectivity index (χ3v) is 2.62. The molecular formula is C9H15N3O2. The molecule has 2 heterocycles. The summed E-state index contributed by atoms with van der Waals surface area (Å²) in [5.41, 5.74) is -0.491. The molecule has 0 bridgehead atoms. The van der Waals surface area contributed by atoms with Gasteiger partial charge in [0.05, 0.1) is 12.1 Å². The van der Waals surface area contributed by atoms with Gasteiger partial charge in [-0.3, -0.25) is 4.90 Å². The Morgan fingerprint density at radius 3 is 2.71 bits per heavy atom. The zero-order valence-corrected chi connectivity index (χ0v) is 8.53. The molecule has 2 rings (SSSR count). The Kier molecular flexibility index (Phi) is 2.28. The molecule has 0 unspecified atom stereocenters. The highest BCUT2D eigenvalue weighted by atomic mass is 16.4. The SMILES string of the molecule is CCC1(O)CN(Cc2nnc(C)o2)C1. The maximum Gasteiger partial charge on any atom is 0.230 e. The van der Waals surface area contributed by atoms with E-state index in [-0.39, 0.29) is 0 Å². The number of hydrogen-bond donors (Lipinski definition) is 1. The summed E-state index contributed by atoms with van der Waals surface area (Å²) in [4.78, 5) is 2.09. The molecule has 1 aliphatic rings. The van der Waals surface area contributed by atoms with Crippen LogP contribution in [0.15, 0.2) is 4.42 Å². The van der Waals surface area contributed by atoms with Crippen LogP contribution in [0.1, 0.15) is 25.1 Å². The number of nitrogens with zero attached hydrogens (tertiary/aromatic N) is 3. The maximum atomic E-state index is 9.76. The Morgan fingerprint density at radius 2 is 2.21 bits per heavy atom. The largest absolute Gasteiger partial charge is 0.424 e. The first-order valence-electron chi connectivity index (χ1n) is 4.85. The molecule has 1 fully saturated rings. The lowest BCUT2D eigenvalue weighted by molar-refractivity contribution is -0.105. The summed E-state index contributed by atoms with van der Waals surface area (Å²) in [6.07, 6.45) is 0.798. The second-order valence-electron chi connectivity index (χ2n) is 3.94. The number of aryl methyl sites for hydroxylation is 1. The molecule has 0 aliphatic carbocycles. The van der Waals surface area contributed by atoms with Crippen molar-refractivity contribution >= 4 is 0 Å². The zero-order valence-electron chi connectivity index (χ0n) is 8.53. The lowest BCUT2D eigenvalue weighted by Gasteiger charge is -2.45. The summed E-state index contributed by atoms with van der Waals surface area (Å²) in [6, 6.07) is 0. The highest BCUT2D eigenvalue weighted by Gasteiger charge is 2.39. The van der Waals surface area contributed by atoms with Crippen LogP contribution in [0, 0.1) is 6.92 Å². The minimum absolute atomic E-state index is 0.491. The topological polar surface area (TPSA) is 62.4 Å². The van der Waals surface area contributed by atoms with E-state index in [0.29, 0.717) is 31.4 Å². The van der Waals surface area contributed by atoms with Gasteiger partial charge >= 0.3 is 0 Å². The summed E-state index contributed by atoms with van der Waals surface area (Å²) in [5.74, 6) is 1.21. The number of rotatable bonds is 3. The van der Waals surface area contributed by atoms with Crippen LogP contribution in [0.25, 0.3) is 0 Å². The molecule has 78 valence electrons. The third kappa shape index (κ3) is 1.78. The highest BCUT2D eigenvalue weighted by Crippen LogP contribution is 2.25. The molecule has 0 saturated carbocycles. The number of aliphatic hydroxyl groups is 1. The highest BCUT2D eigenvalue weighted by molar-refractivity contribution is 4.95. The van der Waals surface area contributed by atoms with Gasteiger partial charge in [0, 0.05) is 20.0 Å². The van der Waals surface area contributed by atoms with Gasteiger partial charge < -0.3 is 9.52 Å². The molecule has 0 atom stereocenters. The van der Waals surface area contributed by atoms with Gasteiger partial charge in [-0.25, -0.2) is 0 Å². The quantitative estimate of drug-likeness (QED) is 0.756. The van der Waals surface area contributed by atoms with Crippen LogP contribution in [0.4, 0.5) is 0 Å². The predicted molar refractivity (Wildman–Crippen MR) is 49.6 cm³/mol. The molecule has 1 aliphatic heterocycles. The second kappa shape index (κ2) is 3.33. The lowest BCUT2D eigenvalue weighted by atomic mass is 9.91. The fourth-order valence-corrected chi connectivity index (χ4v) is 1.71. The fraction of sp³-hybridized carbons (Fsp3) is 0.778. The first kappa shape index (κ1) is 9.61. The fourth-order valence-electron chi connectivity index (χ4n) is 1.71. The third-order valence-electron chi connectivity index (χ3n) is 2.62. The van der Waals surface area contributed by atoms with Gasteiger partial charge in [0.1, 0.15) is 0 Å². The van der Waals surface area contributed by atoms with Crippen molar-refractivity contribution in [2.45, 2.75) is 32.4 Å². The van der Waals surface area contributed by atoms with E-state index in [1.807, 2.05) is 6.92 Å². The van der Waals surface area contributed by atoms with Crippen molar-refractivity contribution in [3.63, 3.8) is 0 Å². The first-order chi connectivity index (χ1) is 6.61. The van der Waals surface area contributed by atoms with Gasteiger partial charge in [0.25, 0.3) is 0 Å². The van der Waals surface area contributed by atoms with Crippen LogP contribution in [-0.4, -0.2) is 38.9 Å². The number of hydrogen-bond acceptors (Lipinski definition) is 5. The van der Waals surface area contributed by atoms with Crippen molar-refractivity contribution in [3.05, 3.63) is 11.8 Å². The van der Waals surface area contributed by atoms with Crippen molar-refractivity contribution in [1.82, 2.24) is 15.1 Å². The van der Waals surface area contributed by atoms with E-state index >= 15 is 0 Å². The van der Waals surface area contributed by atoms with Crippen LogP contribution < -0.4 is 0 Å². The van der Waals surface area contributed by atoms with Crippen LogP contribution in [0.3, 0.4) is 0 Å². The molecule has 1 aromatic heterocycles. The monoisotopic (exact) mass is 197 g/mol. The summed E-state index contributed by atoms with van der Waals surface area (Å²) >= 11 is 0. The standard InChI is InChI=1S/C9H15N3O2/c1-3-9(13)5-12(6-9)4-8-11-10-7(2)14-8/h13H,3-6H2,1-2H3. The molecule has 1 saturated heterocycles. The van der Waals surface area contributed by atoms with Gasteiger partial charge in [-0.1, -0.05) is 6.92 Å². The summed E-state index contributed by atoms with van der Waals surface area (Å²) in [6.45, 7) is 5.81. The number of β-amino-alcohol motifs (C(OH)–C–C–N with tert-alkyl or cyclic N) is 1. The normalized spacial score (nSPS) is 20.8. The van der Waals surface area contributed by atoms with E-state index in [1.165, 1.54) is 0 Å². The van der Waals surface area contributed by atoms with Crippen molar-refractivity contribution in [1.29, 1.82) is 0 Å². The minimum atomic E-state index is -0.491. The smallest absolute Gasteiger partial charge is 0.230 e. The Bertz CT molecular complexity index is 318. The van der Waals surface area contributed by atoms with Gasteiger partial charge in [-0.15, -0.1) is 10.2 Å². The molecule has 0 aromatic carbocycles. The number of aromatic nitrogens is 2. The van der Waals surface area contributed by atoms with E-state index in [0.717, 1.165) is 6.42 Å². The molecular weight excluding hydrogens is 182 g/mol. The Balaban J connectivity index is 1.85. The molecule has 0 amide bonds. The molecule has 0 spiro atoms. The van der Waals surface area contributed by atoms with E-state index in [2.05, 4.69) is 15.1 Å². The Labute approximate surface area is 82.7 Å². The van der Waals surface area contributed by atoms with Crippen LogP contribution in [0.2, 0.25) is 0 Å². The van der Waals surface area contributed by atoms with Gasteiger partial charge in [-0.05, 0) is 6.42 Å². The van der Waals surface area contributed by atoms with E-state index < -0.39 is 5.60 Å². The Morgan fingerprint density at radius 1 is 1.50 bits per heavy atom. The van der Waals surface area contributed by atoms with E-state index in [4.69, 9.17) is 4.42 Å². The molecule has 5 heteroatoms. The van der Waals surface area contributed by atoms with Crippen molar-refractivity contribution < 1.29 is 9.52 Å². The molecule has 5 nitrogen and oxygen atoms in total. The minimum Gasteiger partial charge on any atom is -0.424 e. The van der Waals surface area contributed by atoms with Gasteiger partial charge in [-0.2, -0.15) is 0 Å². The van der Waals surface area contributed by atoms with E-state index in [9.17, 15) is 5.11 Å². The average Bonchev–Trinajstić information content (AvgIpc) is 2.48. The van der Waals surface area contributed by atoms with Gasteiger partial charge in [0.15, 0.2) is 0 Å². The molecule has 1 aromatic rings. The lowest BCUT2D eigenvalue weighted by Crippen LogP contribution is -2.60. The predicted octanol–water partition coefficient (Wildman–Crippen LogP) is 0.335. The van der Waals surface area contributed by atoms with Crippen LogP contribution >= 0.6 is 0 Å². The molecule has 1 N–H and O–H groups in total. The second-order valence-corrected chi connectivity index (χ2v) is 3.94. The van der Waals surface area contributed by atoms with Gasteiger partial charge in [0.2, 0.25) is 11.8 Å². The summed E-state index contributed by atoms with van der Waals surface area (Å²) in [5, 5.41) is 17.4. The van der Waals surface area contributed by atoms with Crippen molar-refractivity contribution in [2.75, 3.05) is 13.1 Å². The van der Waals surface area contributed by atoms with Crippen LogP contribution in [0.5, 0.6) is 0 Å². The molecule has 0 radical (unpaired) electrons. The van der Waals surface area contributed by atoms with E-state index in [1.54, 1.807) is 6.92 Å². The van der Waals surface area contributed by atoms with Crippen LogP contribution in [-0.2, 0) is 6.54 Å². The summed E-state index contributed by atoms with van der Waals surface area (Å²) < 4.78 is 5.25. The van der Waals surface area contributed by atoms with Crippen molar-refractivity contribution in [3.8, 4) is 0 Å². The first-order valence-corrected chi connectivity index (χ1v) is 4.85. The van der Waals surface area contributed by atoms with Crippen molar-refractivity contribution in [2.24, 2.45) is 0 Å². The number of likely N-dealkylation sites (tertiary alicyclic amines) is 1. The maximum absolute atomic E-state index is 9.76. The Hall–Kier alpha value is -0.940. The zero-order chi connectivity index (χ0) is 10.2. The summed E-state index contributed by atoms with van der Waals surface area (Å²) in [7, 11) is 0. The average molecular weight is 197 g/mol. The molecule has 14 heavy (non-hydrogen) atoms.